The van der Waals surface area contributed by atoms with Crippen LogP contribution in [0.4, 0.5) is 0 Å². The summed E-state index contributed by atoms with van der Waals surface area (Å²) in [5.41, 5.74) is 0. The van der Waals surface area contributed by atoms with E-state index >= 15 is 0 Å². The van der Waals surface area contributed by atoms with Gasteiger partial charge in [0.2, 0.25) is 5.88 Å². The van der Waals surface area contributed by atoms with E-state index in [0.29, 0.717) is 24.2 Å². The van der Waals surface area contributed by atoms with Crippen molar-refractivity contribution in [3.63, 3.8) is 0 Å². The van der Waals surface area contributed by atoms with Crippen LogP contribution in [0.25, 0.3) is 10.8 Å². The van der Waals surface area contributed by atoms with Gasteiger partial charge in [-0.1, -0.05) is 35.9 Å². The van der Waals surface area contributed by atoms with Crippen molar-refractivity contribution in [1.29, 1.82) is 0 Å². The van der Waals surface area contributed by atoms with Crippen molar-refractivity contribution in [1.82, 2.24) is 9.97 Å². The molecule has 0 saturated carbocycles. The molecular formula is C17H15Br2ClN2O2. The Labute approximate surface area is 162 Å². The maximum Gasteiger partial charge on any atom is 0.213 e. The van der Waals surface area contributed by atoms with Crippen molar-refractivity contribution in [2.45, 2.75) is 0 Å². The number of fused-ring (bicyclic) bond motifs is 1. The molecule has 3 rings (SSSR count). The summed E-state index contributed by atoms with van der Waals surface area (Å²) in [7, 11) is 1.64. The highest BCUT2D eigenvalue weighted by Crippen LogP contribution is 2.27. The number of rotatable bonds is 4. The smallest absolute Gasteiger partial charge is 0.213 e. The van der Waals surface area contributed by atoms with Gasteiger partial charge in [-0.2, -0.15) is 0 Å². The lowest BCUT2D eigenvalue weighted by Gasteiger charge is -2.03. The van der Waals surface area contributed by atoms with Gasteiger partial charge in [-0.3, -0.25) is 0 Å². The van der Waals surface area contributed by atoms with Gasteiger partial charge in [0.1, 0.15) is 11.8 Å². The Kier molecular flexibility index (Phi) is 7.91. The van der Waals surface area contributed by atoms with Crippen LogP contribution in [0.3, 0.4) is 0 Å². The van der Waals surface area contributed by atoms with Gasteiger partial charge in [-0.15, -0.1) is 0 Å². The number of nitrogens with zero attached hydrogens (tertiary/aromatic N) is 2. The average Bonchev–Trinajstić information content (AvgIpc) is 2.61. The Bertz CT molecular complexity index is 745. The zero-order valence-corrected chi connectivity index (χ0v) is 16.8. The van der Waals surface area contributed by atoms with Crippen LogP contribution in [0.5, 0.6) is 5.88 Å². The van der Waals surface area contributed by atoms with Crippen molar-refractivity contribution >= 4 is 54.2 Å². The SMILES string of the molecule is COCCOc1ccc(Br)cn1.Clc1ncc(Br)c2ccccc12. The molecule has 0 radical (unpaired) electrons. The van der Waals surface area contributed by atoms with Crippen LogP contribution < -0.4 is 4.74 Å². The van der Waals surface area contributed by atoms with Gasteiger partial charge in [-0.05, 0) is 37.9 Å². The molecule has 0 spiro atoms. The van der Waals surface area contributed by atoms with Crippen LogP contribution in [0.15, 0.2) is 57.7 Å². The second-order valence-electron chi connectivity index (χ2n) is 4.60. The summed E-state index contributed by atoms with van der Waals surface area (Å²) < 4.78 is 12.0. The first-order valence-electron chi connectivity index (χ1n) is 7.04. The van der Waals surface area contributed by atoms with E-state index in [1.165, 1.54) is 0 Å². The fourth-order valence-electron chi connectivity index (χ4n) is 1.80. The van der Waals surface area contributed by atoms with Crippen molar-refractivity contribution in [3.05, 3.63) is 62.9 Å². The van der Waals surface area contributed by atoms with E-state index in [2.05, 4.69) is 41.8 Å². The average molecular weight is 475 g/mol. The van der Waals surface area contributed by atoms with Crippen LogP contribution in [0, 0.1) is 0 Å². The molecule has 7 heteroatoms. The quantitative estimate of drug-likeness (QED) is 0.369. The normalized spacial score (nSPS) is 10.2. The molecule has 2 heterocycles. The van der Waals surface area contributed by atoms with Gasteiger partial charge >= 0.3 is 0 Å². The number of hydrogen-bond acceptors (Lipinski definition) is 4. The number of ether oxygens (including phenoxy) is 2. The van der Waals surface area contributed by atoms with E-state index in [9.17, 15) is 0 Å². The zero-order chi connectivity index (χ0) is 17.4. The molecule has 126 valence electrons. The molecule has 2 aromatic heterocycles. The van der Waals surface area contributed by atoms with Crippen LogP contribution in [0.1, 0.15) is 0 Å². The lowest BCUT2D eigenvalue weighted by atomic mass is 10.2. The van der Waals surface area contributed by atoms with Crippen molar-refractivity contribution in [3.8, 4) is 5.88 Å². The fourth-order valence-corrected chi connectivity index (χ4v) is 2.70. The van der Waals surface area contributed by atoms with Crippen molar-refractivity contribution in [2.24, 2.45) is 0 Å². The summed E-state index contributed by atoms with van der Waals surface area (Å²) in [5.74, 6) is 0.621. The number of hydrogen-bond donors (Lipinski definition) is 0. The lowest BCUT2D eigenvalue weighted by Crippen LogP contribution is -2.04. The minimum Gasteiger partial charge on any atom is -0.475 e. The zero-order valence-electron chi connectivity index (χ0n) is 12.9. The molecule has 0 aliphatic carbocycles. The Morgan fingerprint density at radius 1 is 0.958 bits per heavy atom. The molecule has 3 aromatic rings. The molecule has 0 bridgehead atoms. The molecule has 0 atom stereocenters. The molecular weight excluding hydrogens is 459 g/mol. The maximum atomic E-state index is 5.90. The highest BCUT2D eigenvalue weighted by atomic mass is 79.9. The predicted molar refractivity (Wildman–Crippen MR) is 104 cm³/mol. The highest BCUT2D eigenvalue weighted by Gasteiger charge is 2.01. The summed E-state index contributed by atoms with van der Waals surface area (Å²) in [6.45, 7) is 1.11. The summed E-state index contributed by atoms with van der Waals surface area (Å²) in [6, 6.07) is 11.6. The van der Waals surface area contributed by atoms with Crippen LogP contribution in [-0.2, 0) is 4.74 Å². The third-order valence-electron chi connectivity index (χ3n) is 2.94. The molecule has 4 nitrogen and oxygen atoms in total. The predicted octanol–water partition coefficient (Wildman–Crippen LogP) is 5.52. The molecule has 0 aliphatic heterocycles. The molecule has 0 fully saturated rings. The van der Waals surface area contributed by atoms with Gasteiger partial charge in [-0.25, -0.2) is 9.97 Å². The Hall–Kier alpha value is -1.21. The van der Waals surface area contributed by atoms with Crippen LogP contribution >= 0.6 is 43.5 Å². The van der Waals surface area contributed by atoms with E-state index in [-0.39, 0.29) is 0 Å². The van der Waals surface area contributed by atoms with Gasteiger partial charge in [0.05, 0.1) is 6.61 Å². The second kappa shape index (κ2) is 9.93. The van der Waals surface area contributed by atoms with Crippen LogP contribution in [-0.4, -0.2) is 30.3 Å². The van der Waals surface area contributed by atoms with E-state index in [0.717, 1.165) is 19.7 Å². The fraction of sp³-hybridized carbons (Fsp3) is 0.176. The molecule has 0 unspecified atom stereocenters. The maximum absolute atomic E-state index is 5.90. The first-order valence-corrected chi connectivity index (χ1v) is 9.00. The molecule has 1 aromatic carbocycles. The lowest BCUT2D eigenvalue weighted by molar-refractivity contribution is 0.143. The standard InChI is InChI=1S/C9H5BrClN.C8H10BrNO2/c10-8-5-12-9(11)7-4-2-1-3-6(7)8;1-11-4-5-12-8-3-2-7(9)6-10-8/h1-5H;2-3,6H,4-5H2,1H3. The van der Waals surface area contributed by atoms with E-state index in [1.807, 2.05) is 30.3 Å². The number of aromatic nitrogens is 2. The molecule has 0 saturated heterocycles. The largest absolute Gasteiger partial charge is 0.475 e. The highest BCUT2D eigenvalue weighted by molar-refractivity contribution is 9.11. The third-order valence-corrected chi connectivity index (χ3v) is 4.34. The monoisotopic (exact) mass is 472 g/mol. The van der Waals surface area contributed by atoms with Gasteiger partial charge < -0.3 is 9.47 Å². The molecule has 0 amide bonds. The molecule has 0 N–H and O–H groups in total. The van der Waals surface area contributed by atoms with Gasteiger partial charge in [0, 0.05) is 45.3 Å². The minimum atomic E-state index is 0.533. The van der Waals surface area contributed by atoms with E-state index in [4.69, 9.17) is 21.1 Å². The Balaban J connectivity index is 0.000000174. The summed E-state index contributed by atoms with van der Waals surface area (Å²) in [5, 5.41) is 2.62. The van der Waals surface area contributed by atoms with Gasteiger partial charge in [0.25, 0.3) is 0 Å². The summed E-state index contributed by atoms with van der Waals surface area (Å²) >= 11 is 12.6. The number of halogens is 3. The summed E-state index contributed by atoms with van der Waals surface area (Å²) in [6.07, 6.45) is 3.41. The van der Waals surface area contributed by atoms with Crippen LogP contribution in [0.2, 0.25) is 5.15 Å². The van der Waals surface area contributed by atoms with Crippen molar-refractivity contribution in [2.75, 3.05) is 20.3 Å². The van der Waals surface area contributed by atoms with Gasteiger partial charge in [0.15, 0.2) is 0 Å². The van der Waals surface area contributed by atoms with E-state index < -0.39 is 0 Å². The first-order chi connectivity index (χ1) is 11.6. The number of methoxy groups -OCH3 is 1. The number of pyridine rings is 2. The summed E-state index contributed by atoms with van der Waals surface area (Å²) in [4.78, 5) is 8.05. The molecule has 24 heavy (non-hydrogen) atoms. The minimum absolute atomic E-state index is 0.533. The first kappa shape index (κ1) is 19.1. The Morgan fingerprint density at radius 2 is 1.71 bits per heavy atom. The third kappa shape index (κ3) is 5.70. The second-order valence-corrected chi connectivity index (χ2v) is 6.73. The number of benzene rings is 1. The van der Waals surface area contributed by atoms with E-state index in [1.54, 1.807) is 25.6 Å². The molecule has 0 aliphatic rings. The topological polar surface area (TPSA) is 44.2 Å². The Morgan fingerprint density at radius 3 is 2.33 bits per heavy atom. The van der Waals surface area contributed by atoms with Crippen molar-refractivity contribution < 1.29 is 9.47 Å².